The zero-order valence-electron chi connectivity index (χ0n) is 18.2. The molecule has 0 spiro atoms. The van der Waals surface area contributed by atoms with E-state index in [9.17, 15) is 9.59 Å². The van der Waals surface area contributed by atoms with E-state index in [4.69, 9.17) is 4.98 Å². The number of hydrogen-bond donors (Lipinski definition) is 3. The largest absolute Gasteiger partial charge is 0.336 e. The van der Waals surface area contributed by atoms with Crippen molar-refractivity contribution in [1.82, 2.24) is 14.7 Å². The lowest BCUT2D eigenvalue weighted by atomic mass is 10.1. The molecule has 2 heterocycles. The van der Waals surface area contributed by atoms with Crippen LogP contribution in [0, 0.1) is 6.92 Å². The standard InChI is InChI=1S/C25H25N5O2/c1-16(2)26-25(32)28-21-8-4-7-19(14-21)24(31)27-20-11-9-18(10-12-20)22-15-30-13-5-6-17(3)23(30)29-22/h4-16H,1-3H3,(H,27,31)(H2,26,28,32). The third kappa shape index (κ3) is 4.78. The van der Waals surface area contributed by atoms with Crippen LogP contribution < -0.4 is 16.0 Å². The molecule has 0 atom stereocenters. The van der Waals surface area contributed by atoms with Crippen LogP contribution in [0.5, 0.6) is 0 Å². The molecular formula is C25H25N5O2. The molecule has 0 radical (unpaired) electrons. The summed E-state index contributed by atoms with van der Waals surface area (Å²) >= 11 is 0. The zero-order chi connectivity index (χ0) is 22.7. The van der Waals surface area contributed by atoms with Gasteiger partial charge >= 0.3 is 6.03 Å². The highest BCUT2D eigenvalue weighted by Gasteiger charge is 2.10. The molecule has 0 saturated heterocycles. The number of nitrogens with one attached hydrogen (secondary N) is 3. The number of fused-ring (bicyclic) bond motifs is 1. The number of carbonyl (C=O) groups is 2. The minimum absolute atomic E-state index is 0.0223. The topological polar surface area (TPSA) is 87.5 Å². The van der Waals surface area contributed by atoms with Crippen LogP contribution in [0.4, 0.5) is 16.2 Å². The number of imidazole rings is 1. The number of urea groups is 1. The SMILES string of the molecule is Cc1cccn2cc(-c3ccc(NC(=O)c4cccc(NC(=O)NC(C)C)c4)cc3)nc12. The number of carbonyl (C=O) groups excluding carboxylic acids is 2. The van der Waals surface area contributed by atoms with E-state index in [-0.39, 0.29) is 18.0 Å². The summed E-state index contributed by atoms with van der Waals surface area (Å²) in [7, 11) is 0. The highest BCUT2D eigenvalue weighted by Crippen LogP contribution is 2.23. The molecule has 0 bridgehead atoms. The third-order valence-electron chi connectivity index (χ3n) is 4.92. The lowest BCUT2D eigenvalue weighted by molar-refractivity contribution is 0.102. The van der Waals surface area contributed by atoms with Crippen LogP contribution in [0.25, 0.3) is 16.9 Å². The van der Waals surface area contributed by atoms with Crippen LogP contribution in [0.15, 0.2) is 73.1 Å². The number of hydrogen-bond acceptors (Lipinski definition) is 3. The lowest BCUT2D eigenvalue weighted by Crippen LogP contribution is -2.34. The molecule has 0 saturated carbocycles. The van der Waals surface area contributed by atoms with Crippen molar-refractivity contribution in [2.45, 2.75) is 26.8 Å². The molecule has 0 fully saturated rings. The molecule has 3 amide bonds. The van der Waals surface area contributed by atoms with Gasteiger partial charge in [0.1, 0.15) is 5.65 Å². The summed E-state index contributed by atoms with van der Waals surface area (Å²) in [6, 6.07) is 18.1. The van der Waals surface area contributed by atoms with Gasteiger partial charge in [-0.05, 0) is 62.7 Å². The predicted molar refractivity (Wildman–Crippen MR) is 127 cm³/mol. The quantitative estimate of drug-likeness (QED) is 0.414. The van der Waals surface area contributed by atoms with Gasteiger partial charge in [-0.25, -0.2) is 9.78 Å². The molecule has 0 aliphatic heterocycles. The summed E-state index contributed by atoms with van der Waals surface area (Å²) in [6.45, 7) is 5.79. The fraction of sp³-hybridized carbons (Fsp3) is 0.160. The van der Waals surface area contributed by atoms with Crippen molar-refractivity contribution in [2.24, 2.45) is 0 Å². The summed E-state index contributed by atoms with van der Waals surface area (Å²) in [5.41, 5.74) is 5.55. The second-order valence-corrected chi connectivity index (χ2v) is 7.91. The molecule has 3 N–H and O–H groups in total. The number of anilines is 2. The molecule has 0 aliphatic rings. The van der Waals surface area contributed by atoms with Crippen molar-refractivity contribution in [2.75, 3.05) is 10.6 Å². The van der Waals surface area contributed by atoms with Crippen LogP contribution >= 0.6 is 0 Å². The number of rotatable bonds is 5. The maximum atomic E-state index is 12.7. The number of benzene rings is 2. The van der Waals surface area contributed by atoms with Crippen molar-refractivity contribution in [3.8, 4) is 11.3 Å². The van der Waals surface area contributed by atoms with E-state index in [1.807, 2.05) is 74.0 Å². The van der Waals surface area contributed by atoms with Gasteiger partial charge in [0.15, 0.2) is 0 Å². The average Bonchev–Trinajstić information content (AvgIpc) is 3.19. The molecule has 32 heavy (non-hydrogen) atoms. The highest BCUT2D eigenvalue weighted by molar-refractivity contribution is 6.05. The summed E-state index contributed by atoms with van der Waals surface area (Å²) in [6.07, 6.45) is 3.97. The zero-order valence-corrected chi connectivity index (χ0v) is 18.2. The number of amides is 3. The minimum Gasteiger partial charge on any atom is -0.336 e. The number of pyridine rings is 1. The maximum absolute atomic E-state index is 12.7. The van der Waals surface area contributed by atoms with E-state index in [1.54, 1.807) is 24.3 Å². The van der Waals surface area contributed by atoms with Crippen LogP contribution in [-0.2, 0) is 0 Å². The van der Waals surface area contributed by atoms with Gasteiger partial charge in [-0.15, -0.1) is 0 Å². The van der Waals surface area contributed by atoms with Crippen molar-refractivity contribution in [3.63, 3.8) is 0 Å². The van der Waals surface area contributed by atoms with E-state index >= 15 is 0 Å². The van der Waals surface area contributed by atoms with E-state index in [1.165, 1.54) is 0 Å². The summed E-state index contributed by atoms with van der Waals surface area (Å²) in [5, 5.41) is 8.38. The first-order valence-corrected chi connectivity index (χ1v) is 10.4. The Morgan fingerprint density at radius 3 is 2.44 bits per heavy atom. The van der Waals surface area contributed by atoms with Crippen molar-refractivity contribution in [3.05, 3.63) is 84.2 Å². The van der Waals surface area contributed by atoms with E-state index < -0.39 is 0 Å². The number of aromatic nitrogens is 2. The molecule has 0 aliphatic carbocycles. The molecule has 7 heteroatoms. The Morgan fingerprint density at radius 1 is 0.938 bits per heavy atom. The highest BCUT2D eigenvalue weighted by atomic mass is 16.2. The van der Waals surface area contributed by atoms with E-state index in [0.717, 1.165) is 22.5 Å². The Kier molecular flexibility index (Phi) is 5.89. The van der Waals surface area contributed by atoms with Crippen molar-refractivity contribution < 1.29 is 9.59 Å². The van der Waals surface area contributed by atoms with Gasteiger partial charge < -0.3 is 20.4 Å². The first-order valence-electron chi connectivity index (χ1n) is 10.4. The number of aryl methyl sites for hydroxylation is 1. The normalized spacial score (nSPS) is 10.9. The van der Waals surface area contributed by atoms with Gasteiger partial charge in [-0.3, -0.25) is 4.79 Å². The van der Waals surface area contributed by atoms with Crippen LogP contribution in [0.2, 0.25) is 0 Å². The molecule has 2 aromatic carbocycles. The molecule has 0 unspecified atom stereocenters. The Labute approximate surface area is 186 Å². The second-order valence-electron chi connectivity index (χ2n) is 7.91. The van der Waals surface area contributed by atoms with Gasteiger partial charge in [0, 0.05) is 40.9 Å². The van der Waals surface area contributed by atoms with E-state index in [2.05, 4.69) is 16.0 Å². The van der Waals surface area contributed by atoms with Crippen molar-refractivity contribution >= 4 is 29.0 Å². The monoisotopic (exact) mass is 427 g/mol. The van der Waals surface area contributed by atoms with Gasteiger partial charge in [0.05, 0.1) is 5.69 Å². The molecular weight excluding hydrogens is 402 g/mol. The second kappa shape index (κ2) is 8.93. The molecule has 162 valence electrons. The van der Waals surface area contributed by atoms with E-state index in [0.29, 0.717) is 16.9 Å². The van der Waals surface area contributed by atoms with Crippen LogP contribution in [-0.4, -0.2) is 27.4 Å². The van der Waals surface area contributed by atoms with Gasteiger partial charge in [-0.1, -0.05) is 24.3 Å². The maximum Gasteiger partial charge on any atom is 0.319 e. The summed E-state index contributed by atoms with van der Waals surface area (Å²) in [5.74, 6) is -0.256. The number of nitrogens with zero attached hydrogens (tertiary/aromatic N) is 2. The fourth-order valence-electron chi connectivity index (χ4n) is 3.39. The third-order valence-corrected chi connectivity index (χ3v) is 4.92. The van der Waals surface area contributed by atoms with Crippen LogP contribution in [0.3, 0.4) is 0 Å². The van der Waals surface area contributed by atoms with Gasteiger partial charge in [0.25, 0.3) is 5.91 Å². The molecule has 4 aromatic rings. The fourth-order valence-corrected chi connectivity index (χ4v) is 3.39. The minimum atomic E-state index is -0.310. The molecule has 7 nitrogen and oxygen atoms in total. The first-order chi connectivity index (χ1) is 15.4. The van der Waals surface area contributed by atoms with Crippen LogP contribution in [0.1, 0.15) is 29.8 Å². The predicted octanol–water partition coefficient (Wildman–Crippen LogP) is 5.09. The average molecular weight is 428 g/mol. The summed E-state index contributed by atoms with van der Waals surface area (Å²) in [4.78, 5) is 29.3. The van der Waals surface area contributed by atoms with Crippen molar-refractivity contribution in [1.29, 1.82) is 0 Å². The van der Waals surface area contributed by atoms with Gasteiger partial charge in [-0.2, -0.15) is 0 Å². The van der Waals surface area contributed by atoms with Gasteiger partial charge in [0.2, 0.25) is 0 Å². The molecule has 2 aromatic heterocycles. The lowest BCUT2D eigenvalue weighted by Gasteiger charge is -2.11. The molecule has 4 rings (SSSR count). The summed E-state index contributed by atoms with van der Waals surface area (Å²) < 4.78 is 2.00. The Balaban J connectivity index is 1.45. The Hall–Kier alpha value is -4.13. The first kappa shape index (κ1) is 21.1. The smallest absolute Gasteiger partial charge is 0.319 e. The Morgan fingerprint density at radius 2 is 1.72 bits per heavy atom. The Bertz CT molecular complexity index is 1280.